The van der Waals surface area contributed by atoms with Gasteiger partial charge in [-0.3, -0.25) is 8.92 Å². The summed E-state index contributed by atoms with van der Waals surface area (Å²) in [5.41, 5.74) is 0. The molecule has 0 aromatic carbocycles. The first-order valence-electron chi connectivity index (χ1n) is 0.408. The SMILES string of the molecule is N.N.N.N.O=[Si]=O.[Al].[Ti].[Ti].[Ti].[Ti].[Ti].[Ti]. The minimum Gasteiger partial charge on any atom is -0.344 e. The van der Waals surface area contributed by atoms with Gasteiger partial charge in [0.1, 0.15) is 0 Å². The van der Waals surface area contributed by atoms with Crippen LogP contribution < -0.4 is 24.6 Å². The fourth-order valence-electron chi connectivity index (χ4n) is 0. The molecule has 0 aromatic heterocycles. The maximum atomic E-state index is 8.40. The molecule has 0 heterocycles. The summed E-state index contributed by atoms with van der Waals surface area (Å²) in [5.74, 6) is 0. The molecular formula is H12AlN4O2SiTi6. The van der Waals surface area contributed by atoms with Crippen molar-refractivity contribution in [3.63, 3.8) is 0 Å². The van der Waals surface area contributed by atoms with Crippen LogP contribution in [0.4, 0.5) is 0 Å². The van der Waals surface area contributed by atoms with E-state index >= 15 is 0 Å². The van der Waals surface area contributed by atoms with E-state index in [0.29, 0.717) is 0 Å². The third-order valence-electron chi connectivity index (χ3n) is 0. The van der Waals surface area contributed by atoms with Crippen LogP contribution in [-0.2, 0) is 139 Å². The van der Waals surface area contributed by atoms with Crippen molar-refractivity contribution in [1.82, 2.24) is 24.6 Å². The molecule has 3 radical (unpaired) electrons. The number of hydrogen-bond donors (Lipinski definition) is 4. The fourth-order valence-corrected chi connectivity index (χ4v) is 0. The molecule has 0 saturated carbocycles. The molecule has 0 spiro atoms. The monoisotopic (exact) mass is 443 g/mol. The largest absolute Gasteiger partial charge is 0.549 e. The van der Waals surface area contributed by atoms with Crippen LogP contribution in [0.1, 0.15) is 0 Å². The van der Waals surface area contributed by atoms with Gasteiger partial charge in [-0.25, -0.2) is 0 Å². The van der Waals surface area contributed by atoms with Crippen LogP contribution in [-0.4, -0.2) is 26.7 Å². The minimum absolute atomic E-state index is 0. The van der Waals surface area contributed by atoms with Crippen molar-refractivity contribution in [3.8, 4) is 0 Å². The zero-order valence-electron chi connectivity index (χ0n) is 7.72. The van der Waals surface area contributed by atoms with Gasteiger partial charge in [-0.1, -0.05) is 0 Å². The summed E-state index contributed by atoms with van der Waals surface area (Å²) < 4.78 is 16.8. The quantitative estimate of drug-likeness (QED) is 0.372. The Morgan fingerprint density at radius 3 is 0.500 bits per heavy atom. The van der Waals surface area contributed by atoms with Crippen molar-refractivity contribution in [3.05, 3.63) is 0 Å². The van der Waals surface area contributed by atoms with Crippen molar-refractivity contribution in [2.24, 2.45) is 0 Å². The van der Waals surface area contributed by atoms with Crippen molar-refractivity contribution in [2.75, 3.05) is 0 Å². The van der Waals surface area contributed by atoms with Gasteiger partial charge in [0.15, 0.2) is 0 Å². The second-order valence-electron chi connectivity index (χ2n) is 0.0833. The predicted molar refractivity (Wildman–Crippen MR) is 33.0 cm³/mol. The van der Waals surface area contributed by atoms with Crippen LogP contribution in [0, 0.1) is 0 Å². The Hall–Kier alpha value is 4.48. The van der Waals surface area contributed by atoms with E-state index in [2.05, 4.69) is 0 Å². The van der Waals surface area contributed by atoms with Crippen LogP contribution in [0.2, 0.25) is 0 Å². The third-order valence-corrected chi connectivity index (χ3v) is 0. The minimum atomic E-state index is -1.42. The van der Waals surface area contributed by atoms with Gasteiger partial charge in [-0.05, 0) is 0 Å². The molecule has 0 fully saturated rings. The third kappa shape index (κ3) is 197. The molecule has 14 heteroatoms. The van der Waals surface area contributed by atoms with Gasteiger partial charge < -0.3 is 24.6 Å². The van der Waals surface area contributed by atoms with Crippen LogP contribution in [0.25, 0.3) is 0 Å². The summed E-state index contributed by atoms with van der Waals surface area (Å²) in [6.45, 7) is 0. The Balaban J connectivity index is -0.000000000364. The fraction of sp³-hybridized carbons (Fsp3) is 0. The number of rotatable bonds is 0. The molecule has 0 unspecified atom stereocenters. The Morgan fingerprint density at radius 2 is 0.500 bits per heavy atom. The van der Waals surface area contributed by atoms with Gasteiger partial charge in [-0.2, -0.15) is 0 Å². The Kier molecular flexibility index (Phi) is 1520. The molecule has 14 heavy (non-hydrogen) atoms. The maximum absolute atomic E-state index is 8.40. The summed E-state index contributed by atoms with van der Waals surface area (Å²) in [4.78, 5) is 0. The molecule has 0 aliphatic rings. The standard InChI is InChI=1S/Al.4H3N.O2Si.6Ti/c;;;;;1-3-2;;;;;;/h;4*1H3;;;;;;;. The van der Waals surface area contributed by atoms with Crippen molar-refractivity contribution in [2.45, 2.75) is 0 Å². The van der Waals surface area contributed by atoms with Crippen LogP contribution in [0.15, 0.2) is 0 Å². The first-order valence-corrected chi connectivity index (χ1v) is 1.22. The van der Waals surface area contributed by atoms with E-state index in [1.807, 2.05) is 0 Å². The van der Waals surface area contributed by atoms with E-state index in [4.69, 9.17) is 8.92 Å². The van der Waals surface area contributed by atoms with Gasteiger partial charge in [0.05, 0.1) is 0 Å². The molecule has 0 atom stereocenters. The van der Waals surface area contributed by atoms with E-state index in [1.165, 1.54) is 0 Å². The van der Waals surface area contributed by atoms with E-state index in [0.717, 1.165) is 0 Å². The van der Waals surface area contributed by atoms with E-state index in [1.54, 1.807) is 0 Å². The Labute approximate surface area is 187 Å². The summed E-state index contributed by atoms with van der Waals surface area (Å²) >= 11 is 0. The molecule has 0 aliphatic carbocycles. The van der Waals surface area contributed by atoms with Crippen LogP contribution >= 0.6 is 0 Å². The average Bonchev–Trinajstić information content (AvgIpc) is 0.918. The zero-order chi connectivity index (χ0) is 2.71. The smallest absolute Gasteiger partial charge is 0.344 e. The van der Waals surface area contributed by atoms with E-state index < -0.39 is 9.29 Å². The van der Waals surface area contributed by atoms with Crippen LogP contribution in [0.3, 0.4) is 0 Å². The van der Waals surface area contributed by atoms with Crippen LogP contribution in [0.5, 0.6) is 0 Å². The second kappa shape index (κ2) is 158. The molecule has 0 aromatic rings. The molecule has 6 nitrogen and oxygen atoms in total. The molecule has 0 aliphatic heterocycles. The van der Waals surface area contributed by atoms with E-state index in [9.17, 15) is 0 Å². The van der Waals surface area contributed by atoms with Crippen molar-refractivity contribution < 1.29 is 139 Å². The maximum Gasteiger partial charge on any atom is 0.549 e. The molecule has 12 N–H and O–H groups in total. The summed E-state index contributed by atoms with van der Waals surface area (Å²) in [6.07, 6.45) is 0. The predicted octanol–water partition coefficient (Wildman–Crippen LogP) is -0.366. The van der Waals surface area contributed by atoms with Gasteiger partial charge in [-0.15, -0.1) is 0 Å². The first kappa shape index (κ1) is 135. The topological polar surface area (TPSA) is 174 Å². The molecule has 75 valence electrons. The molecule has 0 amide bonds. The normalized spacial score (nSPS) is 0.571. The number of hydrogen-bond acceptors (Lipinski definition) is 6. The Bertz CT molecular complexity index is 48.8. The summed E-state index contributed by atoms with van der Waals surface area (Å²) in [7, 11) is -1.42. The Morgan fingerprint density at radius 1 is 0.500 bits per heavy atom. The van der Waals surface area contributed by atoms with Gasteiger partial charge in [0, 0.05) is 148 Å². The summed E-state index contributed by atoms with van der Waals surface area (Å²) in [5, 5.41) is 0. The molecule has 0 rings (SSSR count). The molecule has 0 saturated heterocycles. The zero-order valence-corrected chi connectivity index (χ0v) is 19.2. The molecular weight excluding hydrogens is 430 g/mol. The van der Waals surface area contributed by atoms with Crippen molar-refractivity contribution in [1.29, 1.82) is 0 Å². The summed E-state index contributed by atoms with van der Waals surface area (Å²) in [6, 6.07) is 0. The van der Waals surface area contributed by atoms with Crippen molar-refractivity contribution >= 4 is 26.7 Å². The average molecular weight is 442 g/mol. The van der Waals surface area contributed by atoms with Gasteiger partial charge in [0.25, 0.3) is 0 Å². The van der Waals surface area contributed by atoms with Gasteiger partial charge >= 0.3 is 9.29 Å². The second-order valence-corrected chi connectivity index (χ2v) is 0.250. The first-order chi connectivity index (χ1) is 1.41. The van der Waals surface area contributed by atoms with Gasteiger partial charge in [0.2, 0.25) is 0 Å². The van der Waals surface area contributed by atoms with E-state index in [-0.39, 0.29) is 172 Å². The molecule has 0 bridgehead atoms.